The molecule has 0 radical (unpaired) electrons. The molecule has 3 heteroatoms. The minimum Gasteiger partial charge on any atom is -0.493 e. The largest absolute Gasteiger partial charge is 0.493 e. The van der Waals surface area contributed by atoms with E-state index in [9.17, 15) is 0 Å². The lowest BCUT2D eigenvalue weighted by Crippen LogP contribution is -2.30. The van der Waals surface area contributed by atoms with Crippen LogP contribution in [0.5, 0.6) is 11.5 Å². The minimum absolute atomic E-state index is 0.662. The summed E-state index contributed by atoms with van der Waals surface area (Å²) >= 11 is 0. The summed E-state index contributed by atoms with van der Waals surface area (Å²) in [6, 6.07) is 6.76. The van der Waals surface area contributed by atoms with Gasteiger partial charge in [0.25, 0.3) is 0 Å². The summed E-state index contributed by atoms with van der Waals surface area (Å²) in [5.41, 5.74) is 1.19. The van der Waals surface area contributed by atoms with Crippen molar-refractivity contribution in [1.82, 2.24) is 5.32 Å². The van der Waals surface area contributed by atoms with Crippen LogP contribution in [0.3, 0.4) is 0 Å². The Morgan fingerprint density at radius 1 is 1.21 bits per heavy atom. The number of nitrogens with one attached hydrogen (secondary N) is 1. The summed E-state index contributed by atoms with van der Waals surface area (Å²) in [4.78, 5) is 0. The molecule has 0 atom stereocenters. The number of hydrogen-bond acceptors (Lipinski definition) is 3. The van der Waals surface area contributed by atoms with Crippen LogP contribution in [-0.2, 0) is 6.54 Å². The van der Waals surface area contributed by atoms with Crippen molar-refractivity contribution < 1.29 is 9.47 Å². The second-order valence-corrected chi connectivity index (χ2v) is 5.10. The normalized spacial score (nSPS) is 16.3. The highest BCUT2D eigenvalue weighted by Crippen LogP contribution is 2.31. The van der Waals surface area contributed by atoms with E-state index < -0.39 is 0 Å². The van der Waals surface area contributed by atoms with Crippen LogP contribution in [0.1, 0.15) is 44.6 Å². The summed E-state index contributed by atoms with van der Waals surface area (Å²) in [6.45, 7) is 3.53. The Labute approximate surface area is 116 Å². The molecular formula is C16H25NO2. The van der Waals surface area contributed by atoms with Crippen molar-refractivity contribution in [2.75, 3.05) is 13.7 Å². The molecule has 1 aliphatic carbocycles. The maximum atomic E-state index is 5.73. The maximum absolute atomic E-state index is 5.73. The topological polar surface area (TPSA) is 30.5 Å². The molecule has 106 valence electrons. The Bertz CT molecular complexity index is 386. The summed E-state index contributed by atoms with van der Waals surface area (Å²) in [7, 11) is 1.69. The predicted molar refractivity (Wildman–Crippen MR) is 77.9 cm³/mol. The van der Waals surface area contributed by atoms with E-state index in [2.05, 4.69) is 11.4 Å². The third kappa shape index (κ3) is 3.87. The molecule has 1 fully saturated rings. The van der Waals surface area contributed by atoms with Gasteiger partial charge in [0.2, 0.25) is 0 Å². The van der Waals surface area contributed by atoms with Gasteiger partial charge in [0, 0.05) is 18.2 Å². The number of ether oxygens (including phenoxy) is 2. The van der Waals surface area contributed by atoms with Gasteiger partial charge in [-0.2, -0.15) is 0 Å². The number of hydrogen-bond donors (Lipinski definition) is 1. The fourth-order valence-electron chi connectivity index (χ4n) is 2.73. The molecule has 0 saturated heterocycles. The van der Waals surface area contributed by atoms with Crippen molar-refractivity contribution in [3.8, 4) is 11.5 Å². The molecule has 0 amide bonds. The number of rotatable bonds is 6. The van der Waals surface area contributed by atoms with Crippen LogP contribution >= 0.6 is 0 Å². The molecule has 1 aromatic rings. The first kappa shape index (κ1) is 14.2. The maximum Gasteiger partial charge on any atom is 0.165 e. The number of benzene rings is 1. The molecule has 3 nitrogen and oxygen atoms in total. The van der Waals surface area contributed by atoms with Crippen LogP contribution in [0.4, 0.5) is 0 Å². The summed E-state index contributed by atoms with van der Waals surface area (Å²) in [5, 5.41) is 3.65. The van der Waals surface area contributed by atoms with E-state index in [-0.39, 0.29) is 0 Å². The number of para-hydroxylation sites is 1. The van der Waals surface area contributed by atoms with Crippen molar-refractivity contribution in [3.05, 3.63) is 23.8 Å². The van der Waals surface area contributed by atoms with E-state index >= 15 is 0 Å². The molecule has 0 heterocycles. The Kier molecular flexibility index (Phi) is 5.52. The molecule has 0 aromatic heterocycles. The lowest BCUT2D eigenvalue weighted by atomic mass is 9.95. The van der Waals surface area contributed by atoms with E-state index in [4.69, 9.17) is 9.47 Å². The molecule has 1 aromatic carbocycles. The van der Waals surface area contributed by atoms with Crippen molar-refractivity contribution >= 4 is 0 Å². The van der Waals surface area contributed by atoms with Gasteiger partial charge in [-0.1, -0.05) is 31.4 Å². The molecule has 1 N–H and O–H groups in total. The van der Waals surface area contributed by atoms with Crippen molar-refractivity contribution in [1.29, 1.82) is 0 Å². The van der Waals surface area contributed by atoms with Gasteiger partial charge >= 0.3 is 0 Å². The van der Waals surface area contributed by atoms with E-state index in [1.54, 1.807) is 7.11 Å². The second-order valence-electron chi connectivity index (χ2n) is 5.10. The average Bonchev–Trinajstić information content (AvgIpc) is 2.47. The molecule has 1 aliphatic rings. The van der Waals surface area contributed by atoms with Crippen LogP contribution in [-0.4, -0.2) is 19.8 Å². The zero-order valence-corrected chi connectivity index (χ0v) is 12.1. The highest BCUT2D eigenvalue weighted by atomic mass is 16.5. The highest BCUT2D eigenvalue weighted by Gasteiger charge is 2.15. The Balaban J connectivity index is 2.01. The molecule has 0 unspecified atom stereocenters. The average molecular weight is 263 g/mol. The van der Waals surface area contributed by atoms with Crippen molar-refractivity contribution in [2.24, 2.45) is 0 Å². The fraction of sp³-hybridized carbons (Fsp3) is 0.625. The molecule has 0 spiro atoms. The molecule has 19 heavy (non-hydrogen) atoms. The molecule has 0 aliphatic heterocycles. The van der Waals surface area contributed by atoms with Gasteiger partial charge in [0.05, 0.1) is 13.7 Å². The zero-order chi connectivity index (χ0) is 13.5. The Morgan fingerprint density at radius 3 is 2.68 bits per heavy atom. The minimum atomic E-state index is 0.662. The summed E-state index contributed by atoms with van der Waals surface area (Å²) in [5.74, 6) is 1.71. The monoisotopic (exact) mass is 263 g/mol. The predicted octanol–water partition coefficient (Wildman–Crippen LogP) is 3.52. The van der Waals surface area contributed by atoms with Crippen molar-refractivity contribution in [3.63, 3.8) is 0 Å². The summed E-state index contributed by atoms with van der Waals surface area (Å²) in [6.07, 6.45) is 6.70. The number of methoxy groups -OCH3 is 1. The van der Waals surface area contributed by atoms with Gasteiger partial charge in [-0.25, -0.2) is 0 Å². The van der Waals surface area contributed by atoms with Crippen LogP contribution in [0, 0.1) is 0 Å². The third-order valence-electron chi connectivity index (χ3n) is 3.76. The molecule has 2 rings (SSSR count). The van der Waals surface area contributed by atoms with Gasteiger partial charge in [0.1, 0.15) is 0 Å². The van der Waals surface area contributed by atoms with Crippen LogP contribution < -0.4 is 14.8 Å². The first-order valence-corrected chi connectivity index (χ1v) is 7.37. The van der Waals surface area contributed by atoms with E-state index in [0.717, 1.165) is 18.0 Å². The first-order chi connectivity index (χ1) is 9.35. The Hall–Kier alpha value is -1.22. The van der Waals surface area contributed by atoms with E-state index in [1.165, 1.54) is 37.7 Å². The van der Waals surface area contributed by atoms with Gasteiger partial charge in [-0.15, -0.1) is 0 Å². The van der Waals surface area contributed by atoms with Gasteiger partial charge < -0.3 is 14.8 Å². The van der Waals surface area contributed by atoms with Gasteiger partial charge in [-0.3, -0.25) is 0 Å². The highest BCUT2D eigenvalue weighted by molar-refractivity contribution is 5.46. The standard InChI is InChI=1S/C16H25NO2/c1-3-19-16-13(8-7-11-15(16)18-2)12-17-14-9-5-4-6-10-14/h7-8,11,14,17H,3-6,9-10,12H2,1-2H3. The quantitative estimate of drug-likeness (QED) is 0.852. The first-order valence-electron chi connectivity index (χ1n) is 7.37. The van der Waals surface area contributed by atoms with E-state index in [1.807, 2.05) is 19.1 Å². The lowest BCUT2D eigenvalue weighted by Gasteiger charge is -2.23. The third-order valence-corrected chi connectivity index (χ3v) is 3.76. The van der Waals surface area contributed by atoms with Gasteiger partial charge in [-0.05, 0) is 25.8 Å². The van der Waals surface area contributed by atoms with Crippen LogP contribution in [0.2, 0.25) is 0 Å². The van der Waals surface area contributed by atoms with Crippen molar-refractivity contribution in [2.45, 2.75) is 51.6 Å². The lowest BCUT2D eigenvalue weighted by molar-refractivity contribution is 0.304. The SMILES string of the molecule is CCOc1c(CNC2CCCCC2)cccc1OC. The molecular weight excluding hydrogens is 238 g/mol. The Morgan fingerprint density at radius 2 is 2.00 bits per heavy atom. The smallest absolute Gasteiger partial charge is 0.165 e. The van der Waals surface area contributed by atoms with Crippen LogP contribution in [0.25, 0.3) is 0 Å². The molecule has 1 saturated carbocycles. The molecule has 0 bridgehead atoms. The second kappa shape index (κ2) is 7.39. The zero-order valence-electron chi connectivity index (χ0n) is 12.1. The van der Waals surface area contributed by atoms with E-state index in [0.29, 0.717) is 12.6 Å². The fourth-order valence-corrected chi connectivity index (χ4v) is 2.73. The summed E-state index contributed by atoms with van der Waals surface area (Å²) < 4.78 is 11.1. The van der Waals surface area contributed by atoms with Gasteiger partial charge in [0.15, 0.2) is 11.5 Å². The van der Waals surface area contributed by atoms with Crippen LogP contribution in [0.15, 0.2) is 18.2 Å².